The van der Waals surface area contributed by atoms with Gasteiger partial charge in [0.05, 0.1) is 14.2 Å². The fourth-order valence-electron chi connectivity index (χ4n) is 5.91. The van der Waals surface area contributed by atoms with E-state index in [2.05, 4.69) is 17.3 Å². The minimum absolute atomic E-state index is 0.00145. The van der Waals surface area contributed by atoms with Crippen molar-refractivity contribution in [1.82, 2.24) is 15.2 Å². The number of carbonyl (C=O) groups excluding carboxylic acids is 2. The first-order valence-corrected chi connectivity index (χ1v) is 14.2. The van der Waals surface area contributed by atoms with Gasteiger partial charge in [-0.05, 0) is 64.2 Å². The van der Waals surface area contributed by atoms with Crippen molar-refractivity contribution < 1.29 is 27.8 Å². The van der Waals surface area contributed by atoms with Crippen LogP contribution >= 0.6 is 11.6 Å². The number of nitrogens with zero attached hydrogens (tertiary/aromatic N) is 3. The molecule has 42 heavy (non-hydrogen) atoms. The second-order valence-corrected chi connectivity index (χ2v) is 11.2. The number of aromatic nitrogens is 1. The number of pyridine rings is 1. The molecule has 3 aromatic rings. The van der Waals surface area contributed by atoms with Gasteiger partial charge < -0.3 is 19.7 Å². The summed E-state index contributed by atoms with van der Waals surface area (Å²) in [5.41, 5.74) is 0.709. The van der Waals surface area contributed by atoms with Crippen LogP contribution in [-0.4, -0.2) is 68.1 Å². The number of ether oxygens (including phenoxy) is 2. The highest BCUT2D eigenvalue weighted by Gasteiger charge is 2.50. The Morgan fingerprint density at radius 2 is 1.60 bits per heavy atom. The molecule has 0 bridgehead atoms. The number of benzene rings is 2. The van der Waals surface area contributed by atoms with Crippen LogP contribution in [0, 0.1) is 11.6 Å². The van der Waals surface area contributed by atoms with Crippen molar-refractivity contribution in [1.29, 1.82) is 0 Å². The van der Waals surface area contributed by atoms with Gasteiger partial charge in [0.1, 0.15) is 35.0 Å². The Bertz CT molecular complexity index is 1460. The first-order valence-electron chi connectivity index (χ1n) is 13.8. The second kappa shape index (κ2) is 12.2. The zero-order chi connectivity index (χ0) is 30.1. The molecular formula is C31H33ClF2N4O4. The molecule has 8 nitrogen and oxygen atoms in total. The maximum Gasteiger partial charge on any atom is 0.251 e. The minimum Gasteiger partial charge on any atom is -0.497 e. The number of carbonyl (C=O) groups is 2. The molecule has 3 atom stereocenters. The van der Waals surface area contributed by atoms with Crippen LogP contribution < -0.4 is 19.7 Å². The maximum absolute atomic E-state index is 15.5. The van der Waals surface area contributed by atoms with E-state index in [0.29, 0.717) is 16.6 Å². The van der Waals surface area contributed by atoms with Crippen molar-refractivity contribution in [3.63, 3.8) is 0 Å². The van der Waals surface area contributed by atoms with Crippen LogP contribution in [0.2, 0.25) is 5.02 Å². The van der Waals surface area contributed by atoms with Crippen LogP contribution in [0.25, 0.3) is 0 Å². The number of piperidine rings is 1. The summed E-state index contributed by atoms with van der Waals surface area (Å²) in [5.74, 6) is -2.99. The number of hydrogen-bond donors (Lipinski definition) is 1. The number of amides is 2. The summed E-state index contributed by atoms with van der Waals surface area (Å²) in [5, 5.41) is 3.17. The molecule has 0 radical (unpaired) electrons. The van der Waals surface area contributed by atoms with Crippen molar-refractivity contribution >= 4 is 29.2 Å². The van der Waals surface area contributed by atoms with Crippen LogP contribution in [0.5, 0.6) is 11.5 Å². The van der Waals surface area contributed by atoms with Crippen molar-refractivity contribution in [3.05, 3.63) is 82.0 Å². The van der Waals surface area contributed by atoms with E-state index in [9.17, 15) is 9.59 Å². The van der Waals surface area contributed by atoms with Crippen LogP contribution in [-0.2, 0) is 4.79 Å². The van der Waals surface area contributed by atoms with E-state index in [1.54, 1.807) is 25.1 Å². The molecule has 2 fully saturated rings. The Labute approximate surface area is 248 Å². The highest BCUT2D eigenvalue weighted by Crippen LogP contribution is 2.42. The van der Waals surface area contributed by atoms with Gasteiger partial charge in [-0.3, -0.25) is 14.5 Å². The minimum atomic E-state index is -1.29. The Balaban J connectivity index is 1.57. The van der Waals surface area contributed by atoms with E-state index in [1.807, 2.05) is 6.07 Å². The molecule has 2 amide bonds. The van der Waals surface area contributed by atoms with Gasteiger partial charge in [0.25, 0.3) is 11.8 Å². The van der Waals surface area contributed by atoms with Crippen molar-refractivity contribution in [3.8, 4) is 11.5 Å². The third-order valence-corrected chi connectivity index (χ3v) is 8.48. The van der Waals surface area contributed by atoms with Gasteiger partial charge in [-0.25, -0.2) is 13.8 Å². The first kappa shape index (κ1) is 29.7. The van der Waals surface area contributed by atoms with Crippen molar-refractivity contribution in [2.75, 3.05) is 39.3 Å². The van der Waals surface area contributed by atoms with E-state index < -0.39 is 41.5 Å². The molecule has 0 aliphatic carbocycles. The highest BCUT2D eigenvalue weighted by atomic mass is 35.5. The van der Waals surface area contributed by atoms with Gasteiger partial charge in [0.2, 0.25) is 0 Å². The molecule has 5 rings (SSSR count). The number of methoxy groups -OCH3 is 2. The lowest BCUT2D eigenvalue weighted by Crippen LogP contribution is -2.44. The molecule has 0 spiro atoms. The summed E-state index contributed by atoms with van der Waals surface area (Å²) in [6.45, 7) is 3.51. The van der Waals surface area contributed by atoms with E-state index in [0.717, 1.165) is 43.8 Å². The third kappa shape index (κ3) is 5.78. The number of halogens is 3. The molecule has 3 heterocycles. The Morgan fingerprint density at radius 1 is 1.00 bits per heavy atom. The molecular weight excluding hydrogens is 566 g/mol. The lowest BCUT2D eigenvalue weighted by atomic mass is 9.87. The van der Waals surface area contributed by atoms with Gasteiger partial charge in [0, 0.05) is 64.0 Å². The van der Waals surface area contributed by atoms with Crippen LogP contribution in [0.4, 0.5) is 14.6 Å². The van der Waals surface area contributed by atoms with Crippen LogP contribution in [0.1, 0.15) is 53.2 Å². The number of rotatable bonds is 7. The molecule has 2 aliphatic heterocycles. The van der Waals surface area contributed by atoms with Gasteiger partial charge in [-0.1, -0.05) is 11.6 Å². The van der Waals surface area contributed by atoms with Gasteiger partial charge in [-0.15, -0.1) is 0 Å². The molecule has 0 saturated carbocycles. The number of anilines is 1. The molecule has 1 N–H and O–H groups in total. The zero-order valence-corrected chi connectivity index (χ0v) is 24.6. The Hall–Kier alpha value is -3.76. The van der Waals surface area contributed by atoms with Gasteiger partial charge in [0.15, 0.2) is 0 Å². The largest absolute Gasteiger partial charge is 0.497 e. The number of likely N-dealkylation sites (tertiary alicyclic amines) is 1. The van der Waals surface area contributed by atoms with Gasteiger partial charge >= 0.3 is 0 Å². The topological polar surface area (TPSA) is 84.0 Å². The summed E-state index contributed by atoms with van der Waals surface area (Å²) < 4.78 is 41.6. The summed E-state index contributed by atoms with van der Waals surface area (Å²) >= 11 is 5.97. The standard InChI is InChI=1S/C31H33ClF2N4O4/c1-17-27(28-23(33)13-21(41-3)14-24(28)34)29(36-30(39)19-5-7-20(32)8-6-19)31(40)38(17)26-16-22(42-4)15-25(35-26)18-9-11-37(2)12-10-18/h5-8,13-18,27,29H,9-12H2,1-4H3,(H,36,39)/t17-,27+,29?/m1/s1. The predicted molar refractivity (Wildman–Crippen MR) is 156 cm³/mol. The molecule has 1 aromatic heterocycles. The predicted octanol–water partition coefficient (Wildman–Crippen LogP) is 5.16. The summed E-state index contributed by atoms with van der Waals surface area (Å²) in [6.07, 6.45) is 1.79. The normalized spacial score (nSPS) is 21.5. The third-order valence-electron chi connectivity index (χ3n) is 8.23. The van der Waals surface area contributed by atoms with Crippen LogP contribution in [0.3, 0.4) is 0 Å². The zero-order valence-electron chi connectivity index (χ0n) is 23.9. The van der Waals surface area contributed by atoms with E-state index >= 15 is 8.78 Å². The first-order chi connectivity index (χ1) is 20.1. The van der Waals surface area contributed by atoms with E-state index in [1.165, 1.54) is 31.3 Å². The average Bonchev–Trinajstić information content (AvgIpc) is 3.21. The van der Waals surface area contributed by atoms with E-state index in [-0.39, 0.29) is 22.8 Å². The monoisotopic (exact) mass is 598 g/mol. The quantitative estimate of drug-likeness (QED) is 0.405. The lowest BCUT2D eigenvalue weighted by Gasteiger charge is -2.30. The van der Waals surface area contributed by atoms with Crippen molar-refractivity contribution in [2.45, 2.75) is 43.7 Å². The summed E-state index contributed by atoms with van der Waals surface area (Å²) in [7, 11) is 4.91. The summed E-state index contributed by atoms with van der Waals surface area (Å²) in [4.78, 5) is 35.9. The number of hydrogen-bond acceptors (Lipinski definition) is 6. The Kier molecular flexibility index (Phi) is 8.65. The maximum atomic E-state index is 15.5. The molecule has 222 valence electrons. The molecule has 2 aromatic carbocycles. The average molecular weight is 599 g/mol. The molecule has 2 saturated heterocycles. The smallest absolute Gasteiger partial charge is 0.251 e. The number of nitrogens with one attached hydrogen (secondary N) is 1. The lowest BCUT2D eigenvalue weighted by molar-refractivity contribution is -0.118. The van der Waals surface area contributed by atoms with E-state index in [4.69, 9.17) is 26.1 Å². The molecule has 2 aliphatic rings. The molecule has 11 heteroatoms. The van der Waals surface area contributed by atoms with Crippen LogP contribution in [0.15, 0.2) is 48.5 Å². The molecule has 1 unspecified atom stereocenters. The fraction of sp³-hybridized carbons (Fsp3) is 0.387. The highest BCUT2D eigenvalue weighted by molar-refractivity contribution is 6.30. The fourth-order valence-corrected chi connectivity index (χ4v) is 6.04. The van der Waals surface area contributed by atoms with Crippen molar-refractivity contribution in [2.24, 2.45) is 0 Å². The Morgan fingerprint density at radius 3 is 2.19 bits per heavy atom. The van der Waals surface area contributed by atoms with Gasteiger partial charge in [-0.2, -0.15) is 0 Å². The SMILES string of the molecule is COc1cc(C2CCN(C)CC2)nc(N2C(=O)C(NC(=O)c3ccc(Cl)cc3)[C@H](c3c(F)cc(OC)cc3F)[C@H]2C)c1. The second-order valence-electron chi connectivity index (χ2n) is 10.8. The summed E-state index contributed by atoms with van der Waals surface area (Å²) in [6, 6.07) is 9.68.